The lowest BCUT2D eigenvalue weighted by Gasteiger charge is -2.08. The second-order valence-corrected chi connectivity index (χ2v) is 8.39. The molecule has 0 bridgehead atoms. The van der Waals surface area contributed by atoms with E-state index in [9.17, 15) is 0 Å². The van der Waals surface area contributed by atoms with Crippen molar-refractivity contribution in [1.82, 2.24) is 4.98 Å². The van der Waals surface area contributed by atoms with Crippen LogP contribution in [0, 0.1) is 6.92 Å². The standard InChI is InChI=1S/C26H17NS/c1-16-14-21-20-8-4-5-9-25(20)28-26(21)22(15-16)24-13-11-19-18-7-3-2-6-17(18)10-12-23(19)27-24/h2-15H,1H3. The highest BCUT2D eigenvalue weighted by molar-refractivity contribution is 7.26. The van der Waals surface area contributed by atoms with Crippen LogP contribution in [0.25, 0.3) is 53.1 Å². The van der Waals surface area contributed by atoms with Crippen molar-refractivity contribution in [1.29, 1.82) is 0 Å². The van der Waals surface area contributed by atoms with Crippen molar-refractivity contribution in [2.24, 2.45) is 0 Å². The van der Waals surface area contributed by atoms with Crippen molar-refractivity contribution >= 4 is 53.2 Å². The van der Waals surface area contributed by atoms with Gasteiger partial charge >= 0.3 is 0 Å². The molecule has 2 heterocycles. The topological polar surface area (TPSA) is 12.9 Å². The fourth-order valence-electron chi connectivity index (χ4n) is 4.20. The molecule has 0 fully saturated rings. The Kier molecular flexibility index (Phi) is 3.32. The van der Waals surface area contributed by atoms with Gasteiger partial charge in [0.2, 0.25) is 0 Å². The molecule has 0 N–H and O–H groups in total. The molecule has 0 aliphatic rings. The molecule has 0 spiro atoms. The number of rotatable bonds is 1. The number of nitrogens with zero attached hydrogens (tertiary/aromatic N) is 1. The predicted octanol–water partition coefficient (Wildman–Crippen LogP) is 7.73. The summed E-state index contributed by atoms with van der Waals surface area (Å²) < 4.78 is 2.65. The zero-order chi connectivity index (χ0) is 18.7. The maximum atomic E-state index is 5.06. The number of hydrogen-bond donors (Lipinski definition) is 0. The summed E-state index contributed by atoms with van der Waals surface area (Å²) in [5.41, 5.74) is 4.59. The summed E-state index contributed by atoms with van der Waals surface area (Å²) in [5.74, 6) is 0. The lowest BCUT2D eigenvalue weighted by Crippen LogP contribution is -1.88. The minimum Gasteiger partial charge on any atom is -0.248 e. The smallest absolute Gasteiger partial charge is 0.0724 e. The molecule has 6 aromatic rings. The molecule has 1 nitrogen and oxygen atoms in total. The Labute approximate surface area is 166 Å². The second kappa shape index (κ2) is 5.88. The molecule has 0 atom stereocenters. The number of pyridine rings is 1. The van der Waals surface area contributed by atoms with Gasteiger partial charge in [0.1, 0.15) is 0 Å². The van der Waals surface area contributed by atoms with E-state index in [0.29, 0.717) is 0 Å². The van der Waals surface area contributed by atoms with Gasteiger partial charge in [-0.1, -0.05) is 54.6 Å². The molecule has 0 aliphatic heterocycles. The van der Waals surface area contributed by atoms with Gasteiger partial charge in [0.25, 0.3) is 0 Å². The van der Waals surface area contributed by atoms with Crippen molar-refractivity contribution < 1.29 is 0 Å². The fourth-order valence-corrected chi connectivity index (χ4v) is 5.40. The average Bonchev–Trinajstić information content (AvgIpc) is 3.11. The summed E-state index contributed by atoms with van der Waals surface area (Å²) in [6, 6.07) is 30.4. The highest BCUT2D eigenvalue weighted by Gasteiger charge is 2.13. The van der Waals surface area contributed by atoms with Gasteiger partial charge in [0, 0.05) is 31.1 Å². The van der Waals surface area contributed by atoms with Crippen LogP contribution >= 0.6 is 11.3 Å². The first-order chi connectivity index (χ1) is 13.8. The Balaban J connectivity index is 1.66. The maximum Gasteiger partial charge on any atom is 0.0724 e. The highest BCUT2D eigenvalue weighted by Crippen LogP contribution is 2.40. The molecule has 0 radical (unpaired) electrons. The van der Waals surface area contributed by atoms with Gasteiger partial charge in [-0.3, -0.25) is 0 Å². The Morgan fingerprint density at radius 3 is 2.43 bits per heavy atom. The lowest BCUT2D eigenvalue weighted by molar-refractivity contribution is 1.40. The number of aryl methyl sites for hydroxylation is 1. The molecule has 0 aliphatic carbocycles. The molecule has 132 valence electrons. The van der Waals surface area contributed by atoms with E-state index in [2.05, 4.69) is 91.9 Å². The first-order valence-electron chi connectivity index (χ1n) is 9.49. The fraction of sp³-hybridized carbons (Fsp3) is 0.0385. The largest absolute Gasteiger partial charge is 0.248 e. The van der Waals surface area contributed by atoms with Crippen molar-refractivity contribution in [3.05, 3.63) is 90.5 Å². The molecule has 2 aromatic heterocycles. The third-order valence-corrected chi connectivity index (χ3v) is 6.71. The first-order valence-corrected chi connectivity index (χ1v) is 10.3. The lowest BCUT2D eigenvalue weighted by atomic mass is 10.0. The van der Waals surface area contributed by atoms with Crippen LogP contribution in [0.3, 0.4) is 0 Å². The Morgan fingerprint density at radius 2 is 1.50 bits per heavy atom. The molecule has 0 unspecified atom stereocenters. The van der Waals surface area contributed by atoms with E-state index in [-0.39, 0.29) is 0 Å². The number of benzene rings is 4. The molecule has 4 aromatic carbocycles. The van der Waals surface area contributed by atoms with Crippen LogP contribution in [-0.2, 0) is 0 Å². The van der Waals surface area contributed by atoms with E-state index >= 15 is 0 Å². The SMILES string of the molecule is Cc1cc(-c2ccc3c(ccc4ccccc43)n2)c2sc3ccccc3c2c1. The summed E-state index contributed by atoms with van der Waals surface area (Å²) in [4.78, 5) is 5.06. The summed E-state index contributed by atoms with van der Waals surface area (Å²) in [6.45, 7) is 2.17. The Bertz CT molecular complexity index is 1520. The number of hydrogen-bond acceptors (Lipinski definition) is 2. The summed E-state index contributed by atoms with van der Waals surface area (Å²) in [6.07, 6.45) is 0. The minimum absolute atomic E-state index is 1.04. The van der Waals surface area contributed by atoms with Crippen LogP contribution in [0.5, 0.6) is 0 Å². The quantitative estimate of drug-likeness (QED) is 0.268. The van der Waals surface area contributed by atoms with Gasteiger partial charge in [-0.05, 0) is 53.6 Å². The predicted molar refractivity (Wildman–Crippen MR) is 122 cm³/mol. The van der Waals surface area contributed by atoms with Crippen LogP contribution in [0.1, 0.15) is 5.56 Å². The van der Waals surface area contributed by atoms with Crippen molar-refractivity contribution in [3.63, 3.8) is 0 Å². The summed E-state index contributed by atoms with van der Waals surface area (Å²) >= 11 is 1.86. The second-order valence-electron chi connectivity index (χ2n) is 7.34. The van der Waals surface area contributed by atoms with Gasteiger partial charge in [0.05, 0.1) is 11.2 Å². The van der Waals surface area contributed by atoms with Crippen molar-refractivity contribution in [2.45, 2.75) is 6.92 Å². The number of aromatic nitrogens is 1. The van der Waals surface area contributed by atoms with Crippen LogP contribution in [0.2, 0.25) is 0 Å². The van der Waals surface area contributed by atoms with Crippen molar-refractivity contribution in [3.8, 4) is 11.3 Å². The normalized spacial score (nSPS) is 11.8. The molecule has 0 saturated heterocycles. The van der Waals surface area contributed by atoms with E-state index in [1.807, 2.05) is 11.3 Å². The molecule has 0 amide bonds. The Hall–Kier alpha value is -3.23. The zero-order valence-corrected chi connectivity index (χ0v) is 16.3. The van der Waals surface area contributed by atoms with E-state index in [4.69, 9.17) is 4.98 Å². The van der Waals surface area contributed by atoms with Gasteiger partial charge in [-0.25, -0.2) is 4.98 Å². The summed E-state index contributed by atoms with van der Waals surface area (Å²) in [5, 5.41) is 6.39. The average molecular weight is 375 g/mol. The number of thiophene rings is 1. The van der Waals surface area contributed by atoms with E-state index < -0.39 is 0 Å². The van der Waals surface area contributed by atoms with Crippen LogP contribution in [0.4, 0.5) is 0 Å². The van der Waals surface area contributed by atoms with Gasteiger partial charge in [-0.15, -0.1) is 11.3 Å². The molecular formula is C26H17NS. The molecule has 0 saturated carbocycles. The monoisotopic (exact) mass is 375 g/mol. The van der Waals surface area contributed by atoms with E-state index in [0.717, 1.165) is 11.2 Å². The minimum atomic E-state index is 1.04. The number of fused-ring (bicyclic) bond motifs is 6. The first kappa shape index (κ1) is 15.8. The summed E-state index contributed by atoms with van der Waals surface area (Å²) in [7, 11) is 0. The van der Waals surface area contributed by atoms with E-state index in [1.165, 1.54) is 47.5 Å². The van der Waals surface area contributed by atoms with Gasteiger partial charge < -0.3 is 0 Å². The molecule has 28 heavy (non-hydrogen) atoms. The van der Waals surface area contributed by atoms with Crippen molar-refractivity contribution in [2.75, 3.05) is 0 Å². The highest BCUT2D eigenvalue weighted by atomic mass is 32.1. The van der Waals surface area contributed by atoms with Crippen LogP contribution < -0.4 is 0 Å². The van der Waals surface area contributed by atoms with Gasteiger partial charge in [0.15, 0.2) is 0 Å². The zero-order valence-electron chi connectivity index (χ0n) is 15.4. The molecule has 6 rings (SSSR count). The molecular weight excluding hydrogens is 358 g/mol. The third kappa shape index (κ3) is 2.28. The molecule has 2 heteroatoms. The Morgan fingerprint density at radius 1 is 0.679 bits per heavy atom. The van der Waals surface area contributed by atoms with Crippen LogP contribution in [-0.4, -0.2) is 4.98 Å². The van der Waals surface area contributed by atoms with E-state index in [1.54, 1.807) is 0 Å². The van der Waals surface area contributed by atoms with Gasteiger partial charge in [-0.2, -0.15) is 0 Å². The van der Waals surface area contributed by atoms with Crippen LogP contribution in [0.15, 0.2) is 84.9 Å². The maximum absolute atomic E-state index is 5.06. The third-order valence-electron chi connectivity index (χ3n) is 5.49.